The second-order valence-electron chi connectivity index (χ2n) is 5.06. The van der Waals surface area contributed by atoms with E-state index in [9.17, 15) is 0 Å². The lowest BCUT2D eigenvalue weighted by molar-refractivity contribution is 0.361. The molecule has 2 unspecified atom stereocenters. The van der Waals surface area contributed by atoms with Crippen LogP contribution in [0.2, 0.25) is 0 Å². The molecule has 16 heavy (non-hydrogen) atoms. The van der Waals surface area contributed by atoms with Gasteiger partial charge in [0.1, 0.15) is 0 Å². The second-order valence-corrected chi connectivity index (χ2v) is 6.09. The number of thiophene rings is 1. The van der Waals surface area contributed by atoms with Crippen LogP contribution in [0.3, 0.4) is 0 Å². The van der Waals surface area contributed by atoms with Gasteiger partial charge >= 0.3 is 0 Å². The number of nitrogens with one attached hydrogen (secondary N) is 1. The van der Waals surface area contributed by atoms with E-state index in [0.29, 0.717) is 6.04 Å². The van der Waals surface area contributed by atoms with Gasteiger partial charge in [-0.2, -0.15) is 0 Å². The first-order chi connectivity index (χ1) is 7.63. The molecule has 0 aliphatic rings. The van der Waals surface area contributed by atoms with Crippen LogP contribution < -0.4 is 5.32 Å². The molecule has 0 saturated carbocycles. The fraction of sp³-hybridized carbons (Fsp3) is 0.714. The summed E-state index contributed by atoms with van der Waals surface area (Å²) in [4.78, 5) is 1.51. The van der Waals surface area contributed by atoms with E-state index in [0.717, 1.165) is 18.4 Å². The monoisotopic (exact) mass is 239 g/mol. The summed E-state index contributed by atoms with van der Waals surface area (Å²) in [7, 11) is 0. The SMILES string of the molecule is CCC(NCC(C)Cc1cccs1)C(C)C. The fourth-order valence-corrected chi connectivity index (χ4v) is 2.92. The molecule has 1 rings (SSSR count). The third kappa shape index (κ3) is 4.67. The molecule has 0 saturated heterocycles. The molecule has 1 heterocycles. The van der Waals surface area contributed by atoms with Gasteiger partial charge in [-0.3, -0.25) is 0 Å². The zero-order chi connectivity index (χ0) is 12.0. The standard InChI is InChI=1S/C14H25NS/c1-5-14(11(2)3)15-10-12(4)9-13-7-6-8-16-13/h6-8,11-12,14-15H,5,9-10H2,1-4H3. The molecule has 2 atom stereocenters. The van der Waals surface area contributed by atoms with Crippen LogP contribution in [0.5, 0.6) is 0 Å². The summed E-state index contributed by atoms with van der Waals surface area (Å²) in [6.45, 7) is 10.3. The quantitative estimate of drug-likeness (QED) is 0.759. The Hall–Kier alpha value is -0.340. The molecular weight excluding hydrogens is 214 g/mol. The summed E-state index contributed by atoms with van der Waals surface area (Å²) >= 11 is 1.87. The van der Waals surface area contributed by atoms with Gasteiger partial charge in [0.2, 0.25) is 0 Å². The van der Waals surface area contributed by atoms with Gasteiger partial charge in [-0.05, 0) is 42.7 Å². The maximum Gasteiger partial charge on any atom is 0.00875 e. The molecule has 92 valence electrons. The Morgan fingerprint density at radius 2 is 2.06 bits per heavy atom. The van der Waals surface area contributed by atoms with E-state index >= 15 is 0 Å². The van der Waals surface area contributed by atoms with Crippen LogP contribution in [0.4, 0.5) is 0 Å². The normalized spacial score (nSPS) is 15.3. The van der Waals surface area contributed by atoms with Crippen LogP contribution >= 0.6 is 11.3 Å². The predicted octanol–water partition coefficient (Wildman–Crippen LogP) is 3.95. The van der Waals surface area contributed by atoms with Crippen molar-refractivity contribution in [3.8, 4) is 0 Å². The van der Waals surface area contributed by atoms with Crippen molar-refractivity contribution in [2.75, 3.05) is 6.54 Å². The van der Waals surface area contributed by atoms with Crippen molar-refractivity contribution in [1.82, 2.24) is 5.32 Å². The van der Waals surface area contributed by atoms with E-state index in [2.05, 4.69) is 50.5 Å². The average Bonchev–Trinajstić information content (AvgIpc) is 2.70. The van der Waals surface area contributed by atoms with Crippen LogP contribution in [0, 0.1) is 11.8 Å². The molecular formula is C14H25NS. The van der Waals surface area contributed by atoms with Gasteiger partial charge in [-0.1, -0.05) is 33.8 Å². The minimum Gasteiger partial charge on any atom is -0.313 e. The number of hydrogen-bond donors (Lipinski definition) is 1. The molecule has 0 radical (unpaired) electrons. The Balaban J connectivity index is 2.26. The van der Waals surface area contributed by atoms with E-state index < -0.39 is 0 Å². The van der Waals surface area contributed by atoms with Crippen LogP contribution in [-0.2, 0) is 6.42 Å². The van der Waals surface area contributed by atoms with Crippen molar-refractivity contribution in [3.63, 3.8) is 0 Å². The fourth-order valence-electron chi connectivity index (χ4n) is 2.05. The largest absolute Gasteiger partial charge is 0.313 e. The molecule has 0 aliphatic heterocycles. The lowest BCUT2D eigenvalue weighted by Gasteiger charge is -2.23. The minimum atomic E-state index is 0.672. The molecule has 2 heteroatoms. The zero-order valence-electron chi connectivity index (χ0n) is 11.0. The molecule has 0 fully saturated rings. The zero-order valence-corrected chi connectivity index (χ0v) is 11.8. The second kappa shape index (κ2) is 7.08. The van der Waals surface area contributed by atoms with Gasteiger partial charge in [0.05, 0.1) is 0 Å². The topological polar surface area (TPSA) is 12.0 Å². The van der Waals surface area contributed by atoms with Gasteiger partial charge in [-0.25, -0.2) is 0 Å². The van der Waals surface area contributed by atoms with Gasteiger partial charge in [0.15, 0.2) is 0 Å². The van der Waals surface area contributed by atoms with E-state index in [1.54, 1.807) is 0 Å². The lowest BCUT2D eigenvalue weighted by Crippen LogP contribution is -2.36. The first-order valence-electron chi connectivity index (χ1n) is 6.39. The predicted molar refractivity (Wildman–Crippen MR) is 74.1 cm³/mol. The summed E-state index contributed by atoms with van der Waals surface area (Å²) in [6, 6.07) is 5.05. The Bertz CT molecular complexity index is 266. The highest BCUT2D eigenvalue weighted by atomic mass is 32.1. The van der Waals surface area contributed by atoms with Gasteiger partial charge < -0.3 is 5.32 Å². The Morgan fingerprint density at radius 3 is 2.56 bits per heavy atom. The molecule has 1 aromatic heterocycles. The van der Waals surface area contributed by atoms with E-state index in [4.69, 9.17) is 0 Å². The molecule has 1 N–H and O–H groups in total. The summed E-state index contributed by atoms with van der Waals surface area (Å²) < 4.78 is 0. The molecule has 0 aliphatic carbocycles. The molecule has 0 amide bonds. The summed E-state index contributed by atoms with van der Waals surface area (Å²) in [6.07, 6.45) is 2.43. The van der Waals surface area contributed by atoms with Gasteiger partial charge in [0, 0.05) is 10.9 Å². The third-order valence-corrected chi connectivity index (χ3v) is 4.00. The summed E-state index contributed by atoms with van der Waals surface area (Å²) in [5.74, 6) is 1.46. The van der Waals surface area contributed by atoms with Gasteiger partial charge in [-0.15, -0.1) is 11.3 Å². The lowest BCUT2D eigenvalue weighted by atomic mass is 10.00. The molecule has 0 spiro atoms. The van der Waals surface area contributed by atoms with Crippen LogP contribution in [0.25, 0.3) is 0 Å². The maximum absolute atomic E-state index is 3.69. The highest BCUT2D eigenvalue weighted by Gasteiger charge is 2.12. The first-order valence-corrected chi connectivity index (χ1v) is 7.27. The van der Waals surface area contributed by atoms with Crippen LogP contribution in [-0.4, -0.2) is 12.6 Å². The van der Waals surface area contributed by atoms with Crippen molar-refractivity contribution in [3.05, 3.63) is 22.4 Å². The molecule has 0 bridgehead atoms. The highest BCUT2D eigenvalue weighted by Crippen LogP contribution is 2.14. The maximum atomic E-state index is 3.69. The first kappa shape index (κ1) is 13.7. The average molecular weight is 239 g/mol. The Morgan fingerprint density at radius 1 is 1.31 bits per heavy atom. The molecule has 0 aromatic carbocycles. The van der Waals surface area contributed by atoms with E-state index in [1.165, 1.54) is 17.7 Å². The highest BCUT2D eigenvalue weighted by molar-refractivity contribution is 7.09. The molecule has 1 nitrogen and oxygen atoms in total. The Labute approximate surface area is 104 Å². The summed E-state index contributed by atoms with van der Waals surface area (Å²) in [5, 5.41) is 5.85. The minimum absolute atomic E-state index is 0.672. The van der Waals surface area contributed by atoms with E-state index in [-0.39, 0.29) is 0 Å². The smallest absolute Gasteiger partial charge is 0.00875 e. The molecule has 1 aromatic rings. The van der Waals surface area contributed by atoms with E-state index in [1.807, 2.05) is 11.3 Å². The van der Waals surface area contributed by atoms with Gasteiger partial charge in [0.25, 0.3) is 0 Å². The van der Waals surface area contributed by atoms with Crippen molar-refractivity contribution < 1.29 is 0 Å². The number of rotatable bonds is 7. The Kier molecular flexibility index (Phi) is 6.07. The van der Waals surface area contributed by atoms with Crippen molar-refractivity contribution >= 4 is 11.3 Å². The van der Waals surface area contributed by atoms with Crippen molar-refractivity contribution in [2.24, 2.45) is 11.8 Å². The third-order valence-electron chi connectivity index (χ3n) is 3.10. The summed E-state index contributed by atoms with van der Waals surface area (Å²) in [5.41, 5.74) is 0. The van der Waals surface area contributed by atoms with Crippen molar-refractivity contribution in [2.45, 2.75) is 46.6 Å². The van der Waals surface area contributed by atoms with Crippen LogP contribution in [0.1, 0.15) is 39.0 Å². The van der Waals surface area contributed by atoms with Crippen LogP contribution in [0.15, 0.2) is 17.5 Å². The van der Waals surface area contributed by atoms with Crippen molar-refractivity contribution in [1.29, 1.82) is 0 Å². The number of hydrogen-bond acceptors (Lipinski definition) is 2.